The van der Waals surface area contributed by atoms with Gasteiger partial charge in [0.25, 0.3) is 0 Å². The Kier molecular flexibility index (Phi) is 4.14. The van der Waals surface area contributed by atoms with Crippen LogP contribution < -0.4 is 4.90 Å². The van der Waals surface area contributed by atoms with Crippen molar-refractivity contribution in [2.45, 2.75) is 6.54 Å². The highest BCUT2D eigenvalue weighted by atomic mass is 16.5. The number of aromatic nitrogens is 3. The van der Waals surface area contributed by atoms with Crippen LogP contribution in [-0.2, 0) is 6.54 Å². The first-order valence-corrected chi connectivity index (χ1v) is 8.02. The van der Waals surface area contributed by atoms with Crippen molar-refractivity contribution in [2.75, 3.05) is 31.1 Å². The van der Waals surface area contributed by atoms with E-state index < -0.39 is 0 Å². The van der Waals surface area contributed by atoms with Gasteiger partial charge in [-0.15, -0.1) is 0 Å². The highest BCUT2D eigenvalue weighted by molar-refractivity contribution is 5.53. The van der Waals surface area contributed by atoms with Crippen molar-refractivity contribution < 1.29 is 8.94 Å². The van der Waals surface area contributed by atoms with Gasteiger partial charge in [0.15, 0.2) is 5.76 Å². The third-order valence-corrected chi connectivity index (χ3v) is 4.15. The molecule has 0 atom stereocenters. The molecule has 1 saturated heterocycles. The number of hydrogen-bond acceptors (Lipinski definition) is 8. The number of piperazine rings is 1. The number of pyridine rings is 1. The summed E-state index contributed by atoms with van der Waals surface area (Å²) < 4.78 is 10.6. The predicted molar refractivity (Wildman–Crippen MR) is 88.4 cm³/mol. The summed E-state index contributed by atoms with van der Waals surface area (Å²) >= 11 is 0. The largest absolute Gasteiger partial charge is 0.461 e. The lowest BCUT2D eigenvalue weighted by Crippen LogP contribution is -2.46. The zero-order chi connectivity index (χ0) is 17.1. The third-order valence-electron chi connectivity index (χ3n) is 4.15. The maximum Gasteiger partial charge on any atom is 0.241 e. The Morgan fingerprint density at radius 2 is 2.04 bits per heavy atom. The van der Waals surface area contributed by atoms with E-state index in [2.05, 4.69) is 31.0 Å². The molecule has 126 valence electrons. The van der Waals surface area contributed by atoms with E-state index in [9.17, 15) is 5.26 Å². The first kappa shape index (κ1) is 15.4. The zero-order valence-corrected chi connectivity index (χ0v) is 13.5. The molecule has 0 amide bonds. The molecule has 1 aliphatic heterocycles. The second kappa shape index (κ2) is 6.75. The van der Waals surface area contributed by atoms with E-state index in [-0.39, 0.29) is 0 Å². The monoisotopic (exact) mass is 336 g/mol. The van der Waals surface area contributed by atoms with Crippen LogP contribution in [0.4, 0.5) is 5.82 Å². The molecule has 3 aromatic heterocycles. The summed E-state index contributed by atoms with van der Waals surface area (Å²) in [5.74, 6) is 2.38. The van der Waals surface area contributed by atoms with Crippen molar-refractivity contribution in [3.8, 4) is 17.7 Å². The highest BCUT2D eigenvalue weighted by Gasteiger charge is 2.22. The second-order valence-corrected chi connectivity index (χ2v) is 5.74. The Morgan fingerprint density at radius 1 is 1.16 bits per heavy atom. The van der Waals surface area contributed by atoms with Crippen LogP contribution in [0.2, 0.25) is 0 Å². The zero-order valence-electron chi connectivity index (χ0n) is 13.5. The molecular weight excluding hydrogens is 320 g/mol. The summed E-state index contributed by atoms with van der Waals surface area (Å²) in [4.78, 5) is 13.1. The van der Waals surface area contributed by atoms with Crippen molar-refractivity contribution in [3.63, 3.8) is 0 Å². The minimum Gasteiger partial charge on any atom is -0.461 e. The van der Waals surface area contributed by atoms with Crippen LogP contribution in [0.5, 0.6) is 0 Å². The van der Waals surface area contributed by atoms with E-state index in [0.29, 0.717) is 29.6 Å². The van der Waals surface area contributed by atoms with E-state index in [4.69, 9.17) is 8.94 Å². The molecule has 4 heterocycles. The van der Waals surface area contributed by atoms with E-state index in [0.717, 1.165) is 32.0 Å². The van der Waals surface area contributed by atoms with Crippen molar-refractivity contribution in [3.05, 3.63) is 48.2 Å². The van der Waals surface area contributed by atoms with E-state index >= 15 is 0 Å². The Bertz CT molecular complexity index is 875. The molecule has 4 rings (SSSR count). The predicted octanol–water partition coefficient (Wildman–Crippen LogP) is 1.92. The van der Waals surface area contributed by atoms with Gasteiger partial charge in [-0.3, -0.25) is 4.90 Å². The summed E-state index contributed by atoms with van der Waals surface area (Å²) in [7, 11) is 0. The van der Waals surface area contributed by atoms with Crippen LogP contribution in [0, 0.1) is 11.3 Å². The molecule has 8 heteroatoms. The fourth-order valence-electron chi connectivity index (χ4n) is 2.87. The van der Waals surface area contributed by atoms with Crippen molar-refractivity contribution in [1.82, 2.24) is 20.0 Å². The van der Waals surface area contributed by atoms with Crippen molar-refractivity contribution >= 4 is 5.82 Å². The minimum atomic E-state index is 0.464. The normalized spacial score (nSPS) is 15.2. The lowest BCUT2D eigenvalue weighted by molar-refractivity contribution is 0.215. The Hall–Kier alpha value is -3.18. The van der Waals surface area contributed by atoms with Crippen LogP contribution in [0.3, 0.4) is 0 Å². The van der Waals surface area contributed by atoms with Gasteiger partial charge < -0.3 is 13.8 Å². The van der Waals surface area contributed by atoms with Crippen molar-refractivity contribution in [1.29, 1.82) is 5.26 Å². The van der Waals surface area contributed by atoms with Gasteiger partial charge in [-0.1, -0.05) is 5.16 Å². The first-order valence-electron chi connectivity index (χ1n) is 8.02. The molecule has 0 aromatic carbocycles. The first-order chi connectivity index (χ1) is 12.3. The van der Waals surface area contributed by atoms with Crippen molar-refractivity contribution in [2.24, 2.45) is 0 Å². The van der Waals surface area contributed by atoms with Crippen LogP contribution in [0.1, 0.15) is 11.5 Å². The second-order valence-electron chi connectivity index (χ2n) is 5.74. The van der Waals surface area contributed by atoms with Gasteiger partial charge in [-0.05, 0) is 24.3 Å². The molecular formula is C17H16N6O2. The molecule has 0 spiro atoms. The molecule has 1 aliphatic rings. The van der Waals surface area contributed by atoms with Gasteiger partial charge in [-0.25, -0.2) is 4.98 Å². The van der Waals surface area contributed by atoms with Crippen LogP contribution in [0.25, 0.3) is 11.6 Å². The molecule has 0 unspecified atom stereocenters. The molecule has 0 N–H and O–H groups in total. The number of nitriles is 1. The fraction of sp³-hybridized carbons (Fsp3) is 0.294. The van der Waals surface area contributed by atoms with Gasteiger partial charge in [0, 0.05) is 32.4 Å². The number of anilines is 1. The van der Waals surface area contributed by atoms with Crippen LogP contribution >= 0.6 is 0 Å². The summed E-state index contributed by atoms with van der Waals surface area (Å²) in [6.45, 7) is 3.85. The molecule has 8 nitrogen and oxygen atoms in total. The molecule has 0 radical (unpaired) electrons. The van der Waals surface area contributed by atoms with Gasteiger partial charge in [0.1, 0.15) is 11.9 Å². The molecule has 1 fully saturated rings. The molecule has 3 aromatic rings. The smallest absolute Gasteiger partial charge is 0.241 e. The topological polar surface area (TPSA) is 95.2 Å². The summed E-state index contributed by atoms with van der Waals surface area (Å²) in [6.07, 6.45) is 3.30. The maximum absolute atomic E-state index is 9.21. The molecule has 0 saturated carbocycles. The summed E-state index contributed by atoms with van der Waals surface area (Å²) in [5.41, 5.74) is 0.607. The molecule has 0 bridgehead atoms. The summed E-state index contributed by atoms with van der Waals surface area (Å²) in [6, 6.07) is 9.37. The van der Waals surface area contributed by atoms with Gasteiger partial charge in [0.2, 0.25) is 11.7 Å². The third kappa shape index (κ3) is 3.22. The lowest BCUT2D eigenvalue weighted by Gasteiger charge is -2.34. The highest BCUT2D eigenvalue weighted by Crippen LogP contribution is 2.20. The maximum atomic E-state index is 9.21. The fourth-order valence-corrected chi connectivity index (χ4v) is 2.87. The Morgan fingerprint density at radius 3 is 2.80 bits per heavy atom. The Balaban J connectivity index is 1.37. The average molecular weight is 336 g/mol. The van der Waals surface area contributed by atoms with Crippen LogP contribution in [0.15, 0.2) is 45.7 Å². The molecule has 0 aliphatic carbocycles. The quantitative estimate of drug-likeness (QED) is 0.713. The van der Waals surface area contributed by atoms with E-state index in [1.165, 1.54) is 0 Å². The average Bonchev–Trinajstić information content (AvgIpc) is 3.34. The number of rotatable bonds is 4. The number of nitrogens with zero attached hydrogens (tertiary/aromatic N) is 6. The van der Waals surface area contributed by atoms with Gasteiger partial charge >= 0.3 is 0 Å². The lowest BCUT2D eigenvalue weighted by atomic mass is 10.2. The van der Waals surface area contributed by atoms with E-state index in [1.54, 1.807) is 36.7 Å². The molecule has 25 heavy (non-hydrogen) atoms. The van der Waals surface area contributed by atoms with Gasteiger partial charge in [0.05, 0.1) is 18.4 Å². The van der Waals surface area contributed by atoms with Crippen LogP contribution in [-0.4, -0.2) is 46.2 Å². The summed E-state index contributed by atoms with van der Waals surface area (Å²) in [5, 5.41) is 13.2. The standard InChI is InChI=1S/C17H16N6O2/c18-11-13-3-1-5-19-17(13)23-8-6-22(7-9-23)12-15-20-16(21-25-15)14-4-2-10-24-14/h1-5,10H,6-9,12H2. The number of hydrogen-bond donors (Lipinski definition) is 0. The number of furan rings is 1. The van der Waals surface area contributed by atoms with E-state index in [1.807, 2.05) is 0 Å². The SMILES string of the molecule is N#Cc1cccnc1N1CCN(Cc2nc(-c3ccco3)no2)CC1. The minimum absolute atomic E-state index is 0.464. The Labute approximate surface area is 144 Å². The van der Waals surface area contributed by atoms with Gasteiger partial charge in [-0.2, -0.15) is 10.2 Å².